The molecule has 2 aromatic carbocycles. The molecule has 0 atom stereocenters. The molecule has 162 valence electrons. The maximum Gasteiger partial charge on any atom is 0.251 e. The molecule has 0 saturated carbocycles. The number of hydrogen-bond donors (Lipinski definition) is 1. The highest BCUT2D eigenvalue weighted by Crippen LogP contribution is 2.24. The molecule has 1 fully saturated rings. The Balaban J connectivity index is 1.19. The van der Waals surface area contributed by atoms with Crippen molar-refractivity contribution in [1.82, 2.24) is 19.6 Å². The standard InChI is InChI=1S/C25H24N4O2S/c30-23(28-13-11-20(12-14-28)26-24(31)19-9-5-2-6-10-19)15-21-17-32-25-27-22(16-29(21)25)18-7-3-1-4-8-18/h1-10,16-17,20H,11-15H2,(H,26,31). The van der Waals surface area contributed by atoms with Gasteiger partial charge in [0.05, 0.1) is 12.1 Å². The smallest absolute Gasteiger partial charge is 0.251 e. The van der Waals surface area contributed by atoms with Crippen LogP contribution in [0.25, 0.3) is 16.2 Å². The Kier molecular flexibility index (Phi) is 5.73. The van der Waals surface area contributed by atoms with E-state index in [4.69, 9.17) is 4.98 Å². The molecule has 2 amide bonds. The highest BCUT2D eigenvalue weighted by Gasteiger charge is 2.25. The van der Waals surface area contributed by atoms with Crippen LogP contribution in [-0.4, -0.2) is 45.2 Å². The number of aromatic nitrogens is 2. The van der Waals surface area contributed by atoms with Crippen LogP contribution in [0.5, 0.6) is 0 Å². The third kappa shape index (κ3) is 4.29. The minimum atomic E-state index is -0.0506. The van der Waals surface area contributed by atoms with Crippen molar-refractivity contribution < 1.29 is 9.59 Å². The number of nitrogens with one attached hydrogen (secondary N) is 1. The molecule has 0 aliphatic carbocycles. The van der Waals surface area contributed by atoms with E-state index in [1.165, 1.54) is 0 Å². The van der Waals surface area contributed by atoms with Gasteiger partial charge < -0.3 is 10.2 Å². The van der Waals surface area contributed by atoms with Crippen molar-refractivity contribution in [2.24, 2.45) is 0 Å². The molecule has 0 unspecified atom stereocenters. The zero-order valence-corrected chi connectivity index (χ0v) is 18.4. The monoisotopic (exact) mass is 444 g/mol. The fourth-order valence-corrected chi connectivity index (χ4v) is 4.98. The van der Waals surface area contributed by atoms with Crippen LogP contribution >= 0.6 is 11.3 Å². The van der Waals surface area contributed by atoms with Gasteiger partial charge in [0.15, 0.2) is 4.96 Å². The molecule has 3 heterocycles. The lowest BCUT2D eigenvalue weighted by Crippen LogP contribution is -2.47. The quantitative estimate of drug-likeness (QED) is 0.506. The Labute approximate surface area is 190 Å². The molecule has 32 heavy (non-hydrogen) atoms. The molecule has 1 aliphatic heterocycles. The van der Waals surface area contributed by atoms with Crippen LogP contribution < -0.4 is 5.32 Å². The van der Waals surface area contributed by atoms with E-state index in [0.717, 1.165) is 34.8 Å². The summed E-state index contributed by atoms with van der Waals surface area (Å²) in [5, 5.41) is 5.11. The van der Waals surface area contributed by atoms with Crippen LogP contribution in [0.3, 0.4) is 0 Å². The Bertz CT molecular complexity index is 1220. The van der Waals surface area contributed by atoms with Gasteiger partial charge in [-0.25, -0.2) is 4.98 Å². The van der Waals surface area contributed by atoms with Crippen molar-refractivity contribution in [2.75, 3.05) is 13.1 Å². The van der Waals surface area contributed by atoms with E-state index in [0.29, 0.717) is 25.1 Å². The van der Waals surface area contributed by atoms with Crippen molar-refractivity contribution in [1.29, 1.82) is 0 Å². The number of fused-ring (bicyclic) bond motifs is 1. The van der Waals surface area contributed by atoms with Gasteiger partial charge in [0.1, 0.15) is 0 Å². The van der Waals surface area contributed by atoms with Crippen LogP contribution in [0.1, 0.15) is 28.9 Å². The predicted molar refractivity (Wildman–Crippen MR) is 126 cm³/mol. The molecule has 0 bridgehead atoms. The second kappa shape index (κ2) is 8.96. The molecule has 1 N–H and O–H groups in total. The van der Waals surface area contributed by atoms with Crippen LogP contribution in [0.15, 0.2) is 72.2 Å². The van der Waals surface area contributed by atoms with E-state index < -0.39 is 0 Å². The molecule has 0 radical (unpaired) electrons. The van der Waals surface area contributed by atoms with E-state index in [2.05, 4.69) is 5.32 Å². The summed E-state index contributed by atoms with van der Waals surface area (Å²) in [6.07, 6.45) is 3.90. The average molecular weight is 445 g/mol. The molecule has 0 spiro atoms. The minimum absolute atomic E-state index is 0.0506. The number of carbonyl (C=O) groups is 2. The van der Waals surface area contributed by atoms with Crippen molar-refractivity contribution >= 4 is 28.1 Å². The molecule has 1 saturated heterocycles. The topological polar surface area (TPSA) is 66.7 Å². The zero-order valence-electron chi connectivity index (χ0n) is 17.6. The first-order valence-corrected chi connectivity index (χ1v) is 11.7. The van der Waals surface area contributed by atoms with Crippen molar-refractivity contribution in [2.45, 2.75) is 25.3 Å². The number of likely N-dealkylation sites (tertiary alicyclic amines) is 1. The van der Waals surface area contributed by atoms with Crippen molar-refractivity contribution in [3.8, 4) is 11.3 Å². The van der Waals surface area contributed by atoms with Crippen LogP contribution in [0.4, 0.5) is 0 Å². The van der Waals surface area contributed by atoms with E-state index in [9.17, 15) is 9.59 Å². The fraction of sp³-hybridized carbons (Fsp3) is 0.240. The number of hydrogen-bond acceptors (Lipinski definition) is 4. The normalized spacial score (nSPS) is 14.6. The van der Waals surface area contributed by atoms with Gasteiger partial charge in [0, 0.05) is 47.5 Å². The summed E-state index contributed by atoms with van der Waals surface area (Å²) >= 11 is 1.56. The molecule has 5 rings (SSSR count). The number of piperidine rings is 1. The second-order valence-corrected chi connectivity index (χ2v) is 8.88. The zero-order chi connectivity index (χ0) is 21.9. The summed E-state index contributed by atoms with van der Waals surface area (Å²) in [7, 11) is 0. The Morgan fingerprint density at radius 2 is 1.69 bits per heavy atom. The van der Waals surface area contributed by atoms with Gasteiger partial charge in [0.2, 0.25) is 5.91 Å². The minimum Gasteiger partial charge on any atom is -0.349 e. The van der Waals surface area contributed by atoms with E-state index in [1.807, 2.05) is 81.5 Å². The SMILES string of the molecule is O=C(NC1CCN(C(=O)Cc2csc3nc(-c4ccccc4)cn23)CC1)c1ccccc1. The maximum atomic E-state index is 12.9. The number of nitrogens with zero attached hydrogens (tertiary/aromatic N) is 3. The highest BCUT2D eigenvalue weighted by atomic mass is 32.1. The first-order chi connectivity index (χ1) is 15.7. The molecule has 6 nitrogen and oxygen atoms in total. The number of imidazole rings is 1. The lowest BCUT2D eigenvalue weighted by molar-refractivity contribution is -0.131. The molecule has 2 aromatic heterocycles. The van der Waals surface area contributed by atoms with E-state index >= 15 is 0 Å². The number of amides is 2. The Morgan fingerprint density at radius 3 is 2.41 bits per heavy atom. The van der Waals surface area contributed by atoms with Gasteiger partial charge in [-0.15, -0.1) is 11.3 Å². The molecular formula is C25H24N4O2S. The Morgan fingerprint density at radius 1 is 1.00 bits per heavy atom. The molecule has 1 aliphatic rings. The third-order valence-corrected chi connectivity index (χ3v) is 6.79. The molecule has 4 aromatic rings. The van der Waals surface area contributed by atoms with Gasteiger partial charge in [0.25, 0.3) is 5.91 Å². The Hall–Kier alpha value is -3.45. The first-order valence-electron chi connectivity index (χ1n) is 10.8. The number of rotatable bonds is 5. The van der Waals surface area contributed by atoms with Crippen molar-refractivity contribution in [3.05, 3.63) is 83.5 Å². The molecule has 7 heteroatoms. The van der Waals surface area contributed by atoms with Gasteiger partial charge in [-0.3, -0.25) is 14.0 Å². The highest BCUT2D eigenvalue weighted by molar-refractivity contribution is 7.15. The van der Waals surface area contributed by atoms with E-state index in [1.54, 1.807) is 11.3 Å². The second-order valence-electron chi connectivity index (χ2n) is 8.04. The van der Waals surface area contributed by atoms with Crippen molar-refractivity contribution in [3.63, 3.8) is 0 Å². The first kappa shape index (κ1) is 20.5. The van der Waals surface area contributed by atoms with Gasteiger partial charge in [-0.2, -0.15) is 0 Å². The van der Waals surface area contributed by atoms with E-state index in [-0.39, 0.29) is 17.9 Å². The average Bonchev–Trinajstić information content (AvgIpc) is 3.43. The lowest BCUT2D eigenvalue weighted by Gasteiger charge is -2.32. The predicted octanol–water partition coefficient (Wildman–Crippen LogP) is 4.03. The van der Waals surface area contributed by atoms with Crippen LogP contribution in [0.2, 0.25) is 0 Å². The summed E-state index contributed by atoms with van der Waals surface area (Å²) < 4.78 is 2.03. The third-order valence-electron chi connectivity index (χ3n) is 5.90. The van der Waals surface area contributed by atoms with Gasteiger partial charge >= 0.3 is 0 Å². The lowest BCUT2D eigenvalue weighted by atomic mass is 10.0. The number of carbonyl (C=O) groups excluding carboxylic acids is 2. The maximum absolute atomic E-state index is 12.9. The summed E-state index contributed by atoms with van der Waals surface area (Å²) in [6.45, 7) is 1.32. The summed E-state index contributed by atoms with van der Waals surface area (Å²) in [6, 6.07) is 19.4. The summed E-state index contributed by atoms with van der Waals surface area (Å²) in [5.74, 6) is 0.0675. The summed E-state index contributed by atoms with van der Waals surface area (Å²) in [4.78, 5) is 32.8. The van der Waals surface area contributed by atoms with Crippen LogP contribution in [-0.2, 0) is 11.2 Å². The molecular weight excluding hydrogens is 420 g/mol. The largest absolute Gasteiger partial charge is 0.349 e. The number of thiazole rings is 1. The van der Waals surface area contributed by atoms with Crippen LogP contribution in [0, 0.1) is 0 Å². The van der Waals surface area contributed by atoms with Gasteiger partial charge in [-0.1, -0.05) is 48.5 Å². The number of benzene rings is 2. The van der Waals surface area contributed by atoms with Gasteiger partial charge in [-0.05, 0) is 25.0 Å². The fourth-order valence-electron chi connectivity index (χ4n) is 4.10. The summed E-state index contributed by atoms with van der Waals surface area (Å²) in [5.41, 5.74) is 3.62.